The van der Waals surface area contributed by atoms with Crippen LogP contribution in [0.15, 0.2) is 54.6 Å². The minimum atomic E-state index is -0.182. The molecule has 2 amide bonds. The van der Waals surface area contributed by atoms with Crippen molar-refractivity contribution in [3.63, 3.8) is 0 Å². The summed E-state index contributed by atoms with van der Waals surface area (Å²) in [5.41, 5.74) is 1.02. The van der Waals surface area contributed by atoms with Crippen molar-refractivity contribution < 1.29 is 14.6 Å². The Morgan fingerprint density at radius 3 is 2.40 bits per heavy atom. The summed E-state index contributed by atoms with van der Waals surface area (Å²) < 4.78 is 5.75. The van der Waals surface area contributed by atoms with E-state index in [2.05, 4.69) is 5.32 Å². The Morgan fingerprint density at radius 2 is 1.76 bits per heavy atom. The van der Waals surface area contributed by atoms with Crippen molar-refractivity contribution >= 4 is 6.03 Å². The van der Waals surface area contributed by atoms with Crippen LogP contribution in [0.4, 0.5) is 4.79 Å². The first-order chi connectivity index (χ1) is 12.1. The van der Waals surface area contributed by atoms with E-state index in [0.717, 1.165) is 29.9 Å². The highest BCUT2D eigenvalue weighted by Gasteiger charge is 2.28. The molecule has 1 fully saturated rings. The molecular formula is C20H24N2O3. The molecule has 132 valence electrons. The lowest BCUT2D eigenvalue weighted by Crippen LogP contribution is -2.43. The summed E-state index contributed by atoms with van der Waals surface area (Å²) in [6.45, 7) is 1.16. The molecule has 0 bridgehead atoms. The summed E-state index contributed by atoms with van der Waals surface area (Å²) in [7, 11) is 1.79. The van der Waals surface area contributed by atoms with Crippen molar-refractivity contribution in [1.29, 1.82) is 0 Å². The fraction of sp³-hybridized carbons (Fsp3) is 0.350. The van der Waals surface area contributed by atoms with E-state index in [4.69, 9.17) is 4.74 Å². The minimum Gasteiger partial charge on any atom is -0.457 e. The van der Waals surface area contributed by atoms with Gasteiger partial charge in [0.05, 0.1) is 6.10 Å². The third kappa shape index (κ3) is 4.97. The number of benzene rings is 2. The second kappa shape index (κ2) is 8.03. The maximum absolute atomic E-state index is 12.1. The normalized spacial score (nSPS) is 19.0. The van der Waals surface area contributed by atoms with Gasteiger partial charge in [-0.3, -0.25) is 0 Å². The summed E-state index contributed by atoms with van der Waals surface area (Å²) in [6, 6.07) is 17.2. The third-order valence-electron chi connectivity index (χ3n) is 4.44. The Balaban J connectivity index is 1.44. The van der Waals surface area contributed by atoms with E-state index in [1.807, 2.05) is 54.6 Å². The molecule has 0 spiro atoms. The smallest absolute Gasteiger partial charge is 0.317 e. The summed E-state index contributed by atoms with van der Waals surface area (Å²) in [6.07, 6.45) is 1.40. The van der Waals surface area contributed by atoms with Gasteiger partial charge in [0.25, 0.3) is 0 Å². The average Bonchev–Trinajstić information content (AvgIpc) is 2.60. The third-order valence-corrected chi connectivity index (χ3v) is 4.44. The van der Waals surface area contributed by atoms with E-state index in [1.54, 1.807) is 11.9 Å². The molecule has 0 unspecified atom stereocenters. The highest BCUT2D eigenvalue weighted by atomic mass is 16.5. The Hall–Kier alpha value is -2.53. The molecule has 1 saturated carbocycles. The van der Waals surface area contributed by atoms with Crippen molar-refractivity contribution in [2.45, 2.75) is 25.5 Å². The largest absolute Gasteiger partial charge is 0.457 e. The van der Waals surface area contributed by atoms with Crippen LogP contribution in [0, 0.1) is 5.92 Å². The molecule has 0 radical (unpaired) electrons. The van der Waals surface area contributed by atoms with E-state index >= 15 is 0 Å². The monoisotopic (exact) mass is 340 g/mol. The Labute approximate surface area is 148 Å². The van der Waals surface area contributed by atoms with Crippen LogP contribution in [0.5, 0.6) is 11.5 Å². The van der Waals surface area contributed by atoms with E-state index < -0.39 is 0 Å². The van der Waals surface area contributed by atoms with Gasteiger partial charge < -0.3 is 20.1 Å². The topological polar surface area (TPSA) is 61.8 Å². The van der Waals surface area contributed by atoms with Crippen molar-refractivity contribution in [3.8, 4) is 11.5 Å². The molecule has 2 N–H and O–H groups in total. The number of para-hydroxylation sites is 1. The Bertz CT molecular complexity index is 682. The van der Waals surface area contributed by atoms with Crippen LogP contribution in [-0.2, 0) is 6.54 Å². The molecule has 1 aliphatic rings. The number of rotatable bonds is 6. The van der Waals surface area contributed by atoms with Gasteiger partial charge in [0.2, 0.25) is 0 Å². The molecule has 0 saturated heterocycles. The van der Waals surface area contributed by atoms with Crippen molar-refractivity contribution in [2.24, 2.45) is 5.92 Å². The second-order valence-electron chi connectivity index (χ2n) is 6.59. The number of hydrogen-bond acceptors (Lipinski definition) is 3. The number of ether oxygens (including phenoxy) is 1. The summed E-state index contributed by atoms with van der Waals surface area (Å²) in [5.74, 6) is 1.98. The number of carbonyl (C=O) groups is 1. The van der Waals surface area contributed by atoms with Gasteiger partial charge in [0, 0.05) is 20.1 Å². The summed E-state index contributed by atoms with van der Waals surface area (Å²) in [4.78, 5) is 13.8. The molecule has 5 nitrogen and oxygen atoms in total. The number of hydrogen-bond donors (Lipinski definition) is 2. The van der Waals surface area contributed by atoms with Gasteiger partial charge in [0.15, 0.2) is 0 Å². The number of nitrogens with zero attached hydrogens (tertiary/aromatic N) is 1. The molecule has 3 rings (SSSR count). The highest BCUT2D eigenvalue weighted by Crippen LogP contribution is 2.27. The molecule has 25 heavy (non-hydrogen) atoms. The van der Waals surface area contributed by atoms with Gasteiger partial charge in [-0.25, -0.2) is 4.79 Å². The number of aliphatic hydroxyl groups is 1. The molecule has 5 heteroatoms. The van der Waals surface area contributed by atoms with Crippen molar-refractivity contribution in [3.05, 3.63) is 60.2 Å². The van der Waals surface area contributed by atoms with Gasteiger partial charge >= 0.3 is 6.03 Å². The minimum absolute atomic E-state index is 0.0917. The van der Waals surface area contributed by atoms with Gasteiger partial charge in [-0.05, 0) is 48.6 Å². The first kappa shape index (κ1) is 17.3. The van der Waals surface area contributed by atoms with Crippen LogP contribution in [-0.4, -0.2) is 35.7 Å². The zero-order chi connectivity index (χ0) is 17.6. The molecular weight excluding hydrogens is 316 g/mol. The summed E-state index contributed by atoms with van der Waals surface area (Å²) >= 11 is 0. The van der Waals surface area contributed by atoms with Crippen LogP contribution < -0.4 is 10.1 Å². The molecule has 0 aliphatic heterocycles. The summed E-state index contributed by atoms with van der Waals surface area (Å²) in [5, 5.41) is 12.2. The molecule has 0 heterocycles. The first-order valence-electron chi connectivity index (χ1n) is 8.59. The molecule has 2 aromatic carbocycles. The first-order valence-corrected chi connectivity index (χ1v) is 8.59. The van der Waals surface area contributed by atoms with Crippen LogP contribution in [0.1, 0.15) is 18.4 Å². The lowest BCUT2D eigenvalue weighted by Gasteiger charge is -2.34. The molecule has 0 atom stereocenters. The predicted molar refractivity (Wildman–Crippen MR) is 96.6 cm³/mol. The fourth-order valence-corrected chi connectivity index (χ4v) is 2.93. The van der Waals surface area contributed by atoms with Crippen molar-refractivity contribution in [1.82, 2.24) is 10.2 Å². The van der Waals surface area contributed by atoms with Crippen LogP contribution in [0.25, 0.3) is 0 Å². The zero-order valence-electron chi connectivity index (χ0n) is 14.4. The second-order valence-corrected chi connectivity index (χ2v) is 6.59. The molecule has 0 aromatic heterocycles. The zero-order valence-corrected chi connectivity index (χ0v) is 14.4. The van der Waals surface area contributed by atoms with E-state index in [-0.39, 0.29) is 12.1 Å². The maximum Gasteiger partial charge on any atom is 0.317 e. The van der Waals surface area contributed by atoms with E-state index in [9.17, 15) is 9.90 Å². The standard InChI is InChI=1S/C20H24N2O3/c1-22(14-16-11-17(23)12-16)20(24)21-13-15-7-9-19(10-8-15)25-18-5-3-2-4-6-18/h2-10,16-17,23H,11-14H2,1H3,(H,21,24). The van der Waals surface area contributed by atoms with E-state index in [0.29, 0.717) is 19.0 Å². The van der Waals surface area contributed by atoms with Gasteiger partial charge in [-0.2, -0.15) is 0 Å². The van der Waals surface area contributed by atoms with Crippen LogP contribution >= 0.6 is 0 Å². The lowest BCUT2D eigenvalue weighted by atomic mass is 9.82. The van der Waals surface area contributed by atoms with Crippen LogP contribution in [0.2, 0.25) is 0 Å². The number of amides is 2. The quantitative estimate of drug-likeness (QED) is 0.847. The average molecular weight is 340 g/mol. The molecule has 2 aromatic rings. The number of aliphatic hydroxyl groups excluding tert-OH is 1. The highest BCUT2D eigenvalue weighted by molar-refractivity contribution is 5.73. The van der Waals surface area contributed by atoms with Gasteiger partial charge in [-0.15, -0.1) is 0 Å². The fourth-order valence-electron chi connectivity index (χ4n) is 2.93. The van der Waals surface area contributed by atoms with E-state index in [1.165, 1.54) is 0 Å². The maximum atomic E-state index is 12.1. The van der Waals surface area contributed by atoms with Crippen molar-refractivity contribution in [2.75, 3.05) is 13.6 Å². The predicted octanol–water partition coefficient (Wildman–Crippen LogP) is 3.39. The Kier molecular flexibility index (Phi) is 5.56. The molecule has 1 aliphatic carbocycles. The SMILES string of the molecule is CN(CC1CC(O)C1)C(=O)NCc1ccc(Oc2ccccc2)cc1. The Morgan fingerprint density at radius 1 is 1.12 bits per heavy atom. The van der Waals surface area contributed by atoms with Crippen LogP contribution in [0.3, 0.4) is 0 Å². The van der Waals surface area contributed by atoms with Gasteiger partial charge in [0.1, 0.15) is 11.5 Å². The lowest BCUT2D eigenvalue weighted by molar-refractivity contribution is 0.0325. The van der Waals surface area contributed by atoms with Gasteiger partial charge in [-0.1, -0.05) is 30.3 Å². The number of nitrogens with one attached hydrogen (secondary N) is 1. The number of urea groups is 1. The number of carbonyl (C=O) groups excluding carboxylic acids is 1.